The quantitative estimate of drug-likeness (QED) is 0.920. The molecule has 118 valence electrons. The minimum atomic E-state index is -0.574. The van der Waals surface area contributed by atoms with Gasteiger partial charge in [-0.2, -0.15) is 0 Å². The second kappa shape index (κ2) is 5.90. The Bertz CT molecular complexity index is 604. The first-order chi connectivity index (χ1) is 10.5. The highest BCUT2D eigenvalue weighted by Crippen LogP contribution is 2.30. The van der Waals surface area contributed by atoms with Crippen LogP contribution in [0.3, 0.4) is 0 Å². The Hall–Kier alpha value is -2.18. The van der Waals surface area contributed by atoms with Crippen molar-refractivity contribution in [2.75, 3.05) is 19.8 Å². The summed E-state index contributed by atoms with van der Waals surface area (Å²) in [4.78, 5) is 26.9. The Balaban J connectivity index is 1.53. The molecule has 0 atom stereocenters. The fraction of sp³-hybridized carbons (Fsp3) is 0.467. The zero-order valence-electron chi connectivity index (χ0n) is 12.0. The summed E-state index contributed by atoms with van der Waals surface area (Å²) in [6, 6.07) is 2.64. The van der Waals surface area contributed by atoms with Crippen LogP contribution in [0, 0.1) is 17.6 Å². The summed E-state index contributed by atoms with van der Waals surface area (Å²) in [5.41, 5.74) is 0.0775. The van der Waals surface area contributed by atoms with Crippen LogP contribution in [0.15, 0.2) is 18.2 Å². The molecule has 5 nitrogen and oxygen atoms in total. The molecule has 1 aliphatic heterocycles. The van der Waals surface area contributed by atoms with Crippen LogP contribution >= 0.6 is 0 Å². The Kier molecular flexibility index (Phi) is 3.96. The van der Waals surface area contributed by atoms with Crippen molar-refractivity contribution in [3.8, 4) is 0 Å². The average molecular weight is 309 g/mol. The van der Waals surface area contributed by atoms with Crippen molar-refractivity contribution in [2.24, 2.45) is 5.92 Å². The molecule has 1 saturated heterocycles. The Morgan fingerprint density at radius 1 is 1.32 bits per heavy atom. The predicted molar refractivity (Wildman–Crippen MR) is 74.6 cm³/mol. The van der Waals surface area contributed by atoms with Crippen LogP contribution in [0.2, 0.25) is 0 Å². The molecular weight excluding hydrogens is 292 g/mol. The number of hydrogen-bond donors (Lipinski definition) is 1. The van der Waals surface area contributed by atoms with E-state index in [1.165, 1.54) is 4.90 Å². The van der Waals surface area contributed by atoms with E-state index < -0.39 is 17.7 Å². The van der Waals surface area contributed by atoms with Crippen molar-refractivity contribution >= 4 is 11.9 Å². The summed E-state index contributed by atoms with van der Waals surface area (Å²) in [5.74, 6) is -0.639. The number of hydrogen-bond acceptors (Lipinski definition) is 2. The highest BCUT2D eigenvalue weighted by molar-refractivity contribution is 5.87. The third-order valence-corrected chi connectivity index (χ3v) is 3.92. The first-order valence-electron chi connectivity index (χ1n) is 7.27. The third-order valence-electron chi connectivity index (χ3n) is 3.92. The Labute approximate surface area is 126 Å². The lowest BCUT2D eigenvalue weighted by molar-refractivity contribution is -0.126. The van der Waals surface area contributed by atoms with Crippen molar-refractivity contribution in [1.29, 1.82) is 0 Å². The van der Waals surface area contributed by atoms with Gasteiger partial charge in [0.25, 0.3) is 0 Å². The largest absolute Gasteiger partial charge is 0.334 e. The summed E-state index contributed by atoms with van der Waals surface area (Å²) < 4.78 is 26.5. The summed E-state index contributed by atoms with van der Waals surface area (Å²) in [6.45, 7) is 0.869. The number of rotatable bonds is 4. The monoisotopic (exact) mass is 309 g/mol. The van der Waals surface area contributed by atoms with Gasteiger partial charge in [0.05, 0.1) is 6.67 Å². The molecule has 0 bridgehead atoms. The minimum absolute atomic E-state index is 0.0319. The van der Waals surface area contributed by atoms with Crippen molar-refractivity contribution in [3.05, 3.63) is 35.4 Å². The van der Waals surface area contributed by atoms with Gasteiger partial charge in [-0.05, 0) is 37.0 Å². The predicted octanol–water partition coefficient (Wildman–Crippen LogP) is 1.69. The van der Waals surface area contributed by atoms with E-state index in [-0.39, 0.29) is 31.2 Å². The van der Waals surface area contributed by atoms with E-state index in [4.69, 9.17) is 0 Å². The molecule has 2 fully saturated rings. The van der Waals surface area contributed by atoms with Crippen LogP contribution in [0.5, 0.6) is 0 Å². The van der Waals surface area contributed by atoms with Gasteiger partial charge in [0.2, 0.25) is 5.91 Å². The number of halogens is 2. The standard InChI is InChI=1S/C15H17F2N3O2/c16-12-3-4-13(17)11(5-12)6-18-15(22)20-8-14(21)19(9-20)7-10-1-2-10/h3-5,10H,1-2,6-9H2,(H,18,22). The first-order valence-corrected chi connectivity index (χ1v) is 7.27. The number of carbonyl (C=O) groups is 2. The van der Waals surface area contributed by atoms with Gasteiger partial charge < -0.3 is 10.2 Å². The topological polar surface area (TPSA) is 52.7 Å². The molecule has 1 heterocycles. The van der Waals surface area contributed by atoms with Gasteiger partial charge in [-0.15, -0.1) is 0 Å². The molecule has 0 radical (unpaired) electrons. The van der Waals surface area contributed by atoms with Crippen LogP contribution in [0.4, 0.5) is 13.6 Å². The molecule has 1 saturated carbocycles. The fourth-order valence-corrected chi connectivity index (χ4v) is 2.47. The molecule has 7 heteroatoms. The van der Waals surface area contributed by atoms with Crippen molar-refractivity contribution in [1.82, 2.24) is 15.1 Å². The lowest BCUT2D eigenvalue weighted by atomic mass is 10.2. The zero-order chi connectivity index (χ0) is 15.7. The molecule has 0 spiro atoms. The molecule has 1 aliphatic carbocycles. The van der Waals surface area contributed by atoms with Crippen LogP contribution in [-0.4, -0.2) is 41.5 Å². The maximum Gasteiger partial charge on any atom is 0.319 e. The summed E-state index contributed by atoms with van der Waals surface area (Å²) in [5, 5.41) is 2.52. The van der Waals surface area contributed by atoms with Gasteiger partial charge in [0.15, 0.2) is 0 Å². The smallest absolute Gasteiger partial charge is 0.319 e. The minimum Gasteiger partial charge on any atom is -0.334 e. The summed E-state index contributed by atoms with van der Waals surface area (Å²) >= 11 is 0. The van der Waals surface area contributed by atoms with E-state index in [0.717, 1.165) is 31.0 Å². The number of urea groups is 1. The third kappa shape index (κ3) is 3.35. The molecule has 3 amide bonds. The highest BCUT2D eigenvalue weighted by Gasteiger charge is 2.34. The first kappa shape index (κ1) is 14.7. The highest BCUT2D eigenvalue weighted by atomic mass is 19.1. The molecule has 1 aromatic rings. The van der Waals surface area contributed by atoms with Crippen molar-refractivity contribution in [3.63, 3.8) is 0 Å². The second-order valence-corrected chi connectivity index (χ2v) is 5.79. The summed E-state index contributed by atoms with van der Waals surface area (Å²) in [7, 11) is 0. The SMILES string of the molecule is O=C1CN(C(=O)NCc2cc(F)ccc2F)CN1CC1CC1. The van der Waals surface area contributed by atoms with Gasteiger partial charge in [0, 0.05) is 18.7 Å². The maximum absolute atomic E-state index is 13.5. The molecule has 3 rings (SSSR count). The molecule has 0 aromatic heterocycles. The molecule has 22 heavy (non-hydrogen) atoms. The average Bonchev–Trinajstić information content (AvgIpc) is 3.22. The van der Waals surface area contributed by atoms with Gasteiger partial charge in [-0.3, -0.25) is 9.69 Å². The number of amides is 3. The Morgan fingerprint density at radius 2 is 2.09 bits per heavy atom. The van der Waals surface area contributed by atoms with Crippen LogP contribution < -0.4 is 5.32 Å². The second-order valence-electron chi connectivity index (χ2n) is 5.79. The Morgan fingerprint density at radius 3 is 2.82 bits per heavy atom. The van der Waals surface area contributed by atoms with Crippen LogP contribution in [0.25, 0.3) is 0 Å². The van der Waals surface area contributed by atoms with Gasteiger partial charge in [-0.1, -0.05) is 0 Å². The fourth-order valence-electron chi connectivity index (χ4n) is 2.47. The van der Waals surface area contributed by atoms with E-state index in [2.05, 4.69) is 5.32 Å². The van der Waals surface area contributed by atoms with Gasteiger partial charge in [-0.25, -0.2) is 13.6 Å². The van der Waals surface area contributed by atoms with Gasteiger partial charge in [0.1, 0.15) is 18.2 Å². The van der Waals surface area contributed by atoms with E-state index in [9.17, 15) is 18.4 Å². The van der Waals surface area contributed by atoms with Crippen molar-refractivity contribution in [2.45, 2.75) is 19.4 Å². The lowest BCUT2D eigenvalue weighted by Crippen LogP contribution is -2.39. The normalized spacial score (nSPS) is 18.0. The van der Waals surface area contributed by atoms with Crippen LogP contribution in [-0.2, 0) is 11.3 Å². The molecule has 1 N–H and O–H groups in total. The number of carbonyl (C=O) groups excluding carboxylic acids is 2. The number of nitrogens with zero attached hydrogens (tertiary/aromatic N) is 2. The zero-order valence-corrected chi connectivity index (χ0v) is 12.0. The lowest BCUT2D eigenvalue weighted by Gasteiger charge is -2.18. The van der Waals surface area contributed by atoms with Crippen LogP contribution in [0.1, 0.15) is 18.4 Å². The summed E-state index contributed by atoms with van der Waals surface area (Å²) in [6.07, 6.45) is 2.27. The molecule has 1 aromatic carbocycles. The van der Waals surface area contributed by atoms with E-state index >= 15 is 0 Å². The van der Waals surface area contributed by atoms with E-state index in [0.29, 0.717) is 12.5 Å². The van der Waals surface area contributed by atoms with E-state index in [1.807, 2.05) is 0 Å². The number of nitrogens with one attached hydrogen (secondary N) is 1. The molecular formula is C15H17F2N3O2. The molecule has 0 unspecified atom stereocenters. The molecule has 2 aliphatic rings. The maximum atomic E-state index is 13.5. The number of benzene rings is 1. The van der Waals surface area contributed by atoms with E-state index in [1.54, 1.807) is 4.90 Å². The van der Waals surface area contributed by atoms with Crippen molar-refractivity contribution < 1.29 is 18.4 Å². The van der Waals surface area contributed by atoms with Gasteiger partial charge >= 0.3 is 6.03 Å².